The van der Waals surface area contributed by atoms with E-state index in [2.05, 4.69) is 31.4 Å². The smallest absolute Gasteiger partial charge is 0.408 e. The van der Waals surface area contributed by atoms with Crippen molar-refractivity contribution in [2.75, 3.05) is 13.1 Å². The first kappa shape index (κ1) is 33.5. The Kier molecular flexibility index (Phi) is 15.1. The third kappa shape index (κ3) is 11.9. The fourth-order valence-electron chi connectivity index (χ4n) is 4.27. The third-order valence-corrected chi connectivity index (χ3v) is 6.48. The Hall–Kier alpha value is -2.57. The maximum absolute atomic E-state index is 14.2. The van der Waals surface area contributed by atoms with Gasteiger partial charge < -0.3 is 20.3 Å². The van der Waals surface area contributed by atoms with Crippen LogP contribution in [0.15, 0.2) is 24.3 Å². The molecule has 0 aromatic heterocycles. The Morgan fingerprint density at radius 1 is 0.895 bits per heavy atom. The summed E-state index contributed by atoms with van der Waals surface area (Å²) in [5.41, 5.74) is 1.26. The Labute approximate surface area is 231 Å². The fourth-order valence-corrected chi connectivity index (χ4v) is 4.27. The molecule has 0 saturated carbocycles. The van der Waals surface area contributed by atoms with Crippen LogP contribution in [0.1, 0.15) is 118 Å². The van der Waals surface area contributed by atoms with Crippen molar-refractivity contribution in [1.29, 1.82) is 0 Å². The maximum atomic E-state index is 14.2. The molecule has 0 spiro atoms. The molecule has 7 nitrogen and oxygen atoms in total. The minimum absolute atomic E-state index is 0.190. The number of hydrogen-bond acceptors (Lipinski definition) is 4. The summed E-state index contributed by atoms with van der Waals surface area (Å²) < 4.78 is 5.46. The van der Waals surface area contributed by atoms with Gasteiger partial charge in [0.25, 0.3) is 0 Å². The molecule has 2 unspecified atom stereocenters. The largest absolute Gasteiger partial charge is 0.444 e. The summed E-state index contributed by atoms with van der Waals surface area (Å²) in [6.07, 6.45) is 7.20. The lowest BCUT2D eigenvalue weighted by Crippen LogP contribution is -2.55. The molecule has 0 bridgehead atoms. The normalized spacial score (nSPS) is 13.1. The number of nitrogens with one attached hydrogen (secondary N) is 2. The van der Waals surface area contributed by atoms with Gasteiger partial charge in [-0.2, -0.15) is 0 Å². The van der Waals surface area contributed by atoms with Crippen LogP contribution in [0, 0.1) is 5.92 Å². The minimum atomic E-state index is -0.818. The van der Waals surface area contributed by atoms with E-state index in [0.717, 1.165) is 56.9 Å². The van der Waals surface area contributed by atoms with Gasteiger partial charge in [0, 0.05) is 13.1 Å². The average molecular weight is 532 g/mol. The van der Waals surface area contributed by atoms with Crippen molar-refractivity contribution in [2.45, 2.75) is 124 Å². The summed E-state index contributed by atoms with van der Waals surface area (Å²) in [6, 6.07) is 6.34. The van der Waals surface area contributed by atoms with Crippen molar-refractivity contribution in [3.8, 4) is 0 Å². The molecule has 0 saturated heterocycles. The van der Waals surface area contributed by atoms with Gasteiger partial charge >= 0.3 is 6.09 Å². The van der Waals surface area contributed by atoms with E-state index < -0.39 is 23.8 Å². The number of carbonyl (C=O) groups is 3. The molecule has 1 rings (SSSR count). The van der Waals surface area contributed by atoms with Gasteiger partial charge in [0.2, 0.25) is 11.8 Å². The van der Waals surface area contributed by atoms with Crippen LogP contribution < -0.4 is 10.6 Å². The topological polar surface area (TPSA) is 87.7 Å². The number of amides is 3. The summed E-state index contributed by atoms with van der Waals surface area (Å²) in [5, 5.41) is 5.85. The van der Waals surface area contributed by atoms with E-state index in [-0.39, 0.29) is 17.7 Å². The molecule has 3 amide bonds. The van der Waals surface area contributed by atoms with Gasteiger partial charge in [-0.3, -0.25) is 9.59 Å². The first-order valence-corrected chi connectivity index (χ1v) is 14.6. The molecule has 1 aromatic rings. The predicted molar refractivity (Wildman–Crippen MR) is 155 cm³/mol. The molecule has 0 aliphatic heterocycles. The summed E-state index contributed by atoms with van der Waals surface area (Å²) in [7, 11) is 0. The van der Waals surface area contributed by atoms with Crippen LogP contribution in [0.4, 0.5) is 4.79 Å². The number of ether oxygens (including phenoxy) is 1. The first-order valence-electron chi connectivity index (χ1n) is 14.6. The van der Waals surface area contributed by atoms with Crippen LogP contribution in [-0.4, -0.2) is 47.5 Å². The predicted octanol–water partition coefficient (Wildman–Crippen LogP) is 6.55. The number of nitrogens with zero attached hydrogens (tertiary/aromatic N) is 1. The lowest BCUT2D eigenvalue weighted by atomic mass is 9.97. The molecule has 0 aliphatic rings. The highest BCUT2D eigenvalue weighted by Crippen LogP contribution is 2.25. The second-order valence-corrected chi connectivity index (χ2v) is 11.5. The second kappa shape index (κ2) is 17.1. The molecule has 0 aliphatic carbocycles. The number of unbranched alkanes of at least 4 members (excludes halogenated alkanes) is 5. The lowest BCUT2D eigenvalue weighted by Gasteiger charge is -2.35. The van der Waals surface area contributed by atoms with E-state index in [1.807, 2.05) is 38.1 Å². The van der Waals surface area contributed by atoms with E-state index in [0.29, 0.717) is 13.1 Å². The number of rotatable bonds is 16. The molecular formula is C31H53N3O4. The number of benzene rings is 1. The van der Waals surface area contributed by atoms with Crippen molar-refractivity contribution in [3.05, 3.63) is 35.4 Å². The van der Waals surface area contributed by atoms with Gasteiger partial charge in [0.15, 0.2) is 0 Å². The number of carbonyl (C=O) groups excluding carboxylic acids is 3. The van der Waals surface area contributed by atoms with Gasteiger partial charge in [-0.15, -0.1) is 0 Å². The summed E-state index contributed by atoms with van der Waals surface area (Å²) in [6.45, 7) is 16.5. The highest BCUT2D eigenvalue weighted by atomic mass is 16.6. The average Bonchev–Trinajstić information content (AvgIpc) is 2.85. The van der Waals surface area contributed by atoms with E-state index in [4.69, 9.17) is 4.74 Å². The molecule has 1 aromatic carbocycles. The third-order valence-electron chi connectivity index (χ3n) is 6.48. The van der Waals surface area contributed by atoms with Crippen molar-refractivity contribution in [1.82, 2.24) is 15.5 Å². The zero-order valence-electron chi connectivity index (χ0n) is 25.2. The van der Waals surface area contributed by atoms with Gasteiger partial charge in [-0.1, -0.05) is 91.0 Å². The summed E-state index contributed by atoms with van der Waals surface area (Å²) in [5.74, 6) is -0.648. The minimum Gasteiger partial charge on any atom is -0.444 e. The van der Waals surface area contributed by atoms with Gasteiger partial charge in [-0.25, -0.2) is 4.79 Å². The van der Waals surface area contributed by atoms with Crippen molar-refractivity contribution in [2.24, 2.45) is 5.92 Å². The Bertz CT molecular complexity index is 846. The van der Waals surface area contributed by atoms with Crippen LogP contribution in [0.3, 0.4) is 0 Å². The van der Waals surface area contributed by atoms with Crippen LogP contribution in [0.25, 0.3) is 0 Å². The zero-order chi connectivity index (χ0) is 28.7. The Balaban J connectivity index is 3.41. The van der Waals surface area contributed by atoms with E-state index in [1.54, 1.807) is 25.7 Å². The van der Waals surface area contributed by atoms with E-state index in [9.17, 15) is 14.4 Å². The molecule has 0 radical (unpaired) electrons. The standard InChI is InChI=1S/C31H53N3O4/c1-9-12-14-15-16-22-34(29(36)26(23(4)5)33-30(37)38-31(6,7)8)27(28(35)32-21-13-10-2)25-19-17-24(11-3)18-20-25/h17-20,23,26-27H,9-16,21-22H2,1-8H3,(H,32,35)(H,33,37). The van der Waals surface area contributed by atoms with Crippen LogP contribution in [0.2, 0.25) is 0 Å². The summed E-state index contributed by atoms with van der Waals surface area (Å²) >= 11 is 0. The summed E-state index contributed by atoms with van der Waals surface area (Å²) in [4.78, 5) is 42.1. The molecule has 38 heavy (non-hydrogen) atoms. The Morgan fingerprint density at radius 3 is 2.03 bits per heavy atom. The van der Waals surface area contributed by atoms with Gasteiger partial charge in [-0.05, 0) is 57.1 Å². The van der Waals surface area contributed by atoms with Crippen molar-refractivity contribution < 1.29 is 19.1 Å². The molecule has 2 atom stereocenters. The van der Waals surface area contributed by atoms with Gasteiger partial charge in [0.1, 0.15) is 17.7 Å². The maximum Gasteiger partial charge on any atom is 0.408 e. The lowest BCUT2D eigenvalue weighted by molar-refractivity contribution is -0.143. The number of alkyl carbamates (subject to hydrolysis) is 1. The SMILES string of the molecule is CCCCCCCN(C(=O)C(NC(=O)OC(C)(C)C)C(C)C)C(C(=O)NCCCC)c1ccc(CC)cc1. The highest BCUT2D eigenvalue weighted by Gasteiger charge is 2.37. The van der Waals surface area contributed by atoms with E-state index in [1.165, 1.54) is 5.56 Å². The second-order valence-electron chi connectivity index (χ2n) is 11.5. The molecule has 0 fully saturated rings. The van der Waals surface area contributed by atoms with E-state index >= 15 is 0 Å². The molecule has 7 heteroatoms. The zero-order valence-corrected chi connectivity index (χ0v) is 25.2. The molecule has 2 N–H and O–H groups in total. The monoisotopic (exact) mass is 531 g/mol. The molecule has 216 valence electrons. The van der Waals surface area contributed by atoms with Crippen molar-refractivity contribution in [3.63, 3.8) is 0 Å². The Morgan fingerprint density at radius 2 is 1.50 bits per heavy atom. The van der Waals surface area contributed by atoms with Crippen LogP contribution in [-0.2, 0) is 20.7 Å². The number of aryl methyl sites for hydroxylation is 1. The molecule has 0 heterocycles. The highest BCUT2D eigenvalue weighted by molar-refractivity contribution is 5.92. The quantitative estimate of drug-likeness (QED) is 0.237. The fraction of sp³-hybridized carbons (Fsp3) is 0.710. The first-order chi connectivity index (χ1) is 17.9. The van der Waals surface area contributed by atoms with Crippen LogP contribution in [0.5, 0.6) is 0 Å². The molecular weight excluding hydrogens is 478 g/mol. The van der Waals surface area contributed by atoms with Crippen LogP contribution >= 0.6 is 0 Å². The number of hydrogen-bond donors (Lipinski definition) is 2. The van der Waals surface area contributed by atoms with Gasteiger partial charge in [0.05, 0.1) is 0 Å². The van der Waals surface area contributed by atoms with Crippen molar-refractivity contribution >= 4 is 17.9 Å².